The molecule has 3 aromatic rings. The molecule has 4 rings (SSSR count). The standard InChI is InChI=1S/C23H24F2N4O2S/c1-16-26-18(15-32-16)14-28-10-12-29(13-11-28)22(30)20-4-2-3-5-21(20)27-17-6-8-19(9-7-17)31-23(24)25/h2-9,15,23,27H,10-14H2,1H3. The summed E-state index contributed by atoms with van der Waals surface area (Å²) in [5, 5.41) is 6.36. The highest BCUT2D eigenvalue weighted by Crippen LogP contribution is 2.25. The minimum absolute atomic E-state index is 0.0325. The molecule has 0 radical (unpaired) electrons. The molecule has 1 N–H and O–H groups in total. The Morgan fingerprint density at radius 1 is 1.12 bits per heavy atom. The van der Waals surface area contributed by atoms with Crippen molar-refractivity contribution in [3.8, 4) is 5.75 Å². The van der Waals surface area contributed by atoms with Gasteiger partial charge in [0.05, 0.1) is 22.0 Å². The van der Waals surface area contributed by atoms with E-state index in [4.69, 9.17) is 0 Å². The number of nitrogens with zero attached hydrogens (tertiary/aromatic N) is 3. The van der Waals surface area contributed by atoms with Crippen LogP contribution in [0.4, 0.5) is 20.2 Å². The highest BCUT2D eigenvalue weighted by molar-refractivity contribution is 7.09. The van der Waals surface area contributed by atoms with Crippen LogP contribution in [-0.2, 0) is 6.54 Å². The lowest BCUT2D eigenvalue weighted by Crippen LogP contribution is -2.48. The molecule has 0 bridgehead atoms. The number of carbonyl (C=O) groups excluding carboxylic acids is 1. The third kappa shape index (κ3) is 5.60. The Morgan fingerprint density at radius 2 is 1.84 bits per heavy atom. The number of anilines is 2. The van der Waals surface area contributed by atoms with Gasteiger partial charge in [-0.3, -0.25) is 9.69 Å². The number of aromatic nitrogens is 1. The fourth-order valence-electron chi connectivity index (χ4n) is 3.64. The highest BCUT2D eigenvalue weighted by atomic mass is 32.1. The second-order valence-electron chi connectivity index (χ2n) is 7.50. The van der Waals surface area contributed by atoms with Crippen LogP contribution in [0.15, 0.2) is 53.9 Å². The molecule has 6 nitrogen and oxygen atoms in total. The van der Waals surface area contributed by atoms with Crippen molar-refractivity contribution in [3.05, 3.63) is 70.2 Å². The van der Waals surface area contributed by atoms with Crippen molar-refractivity contribution < 1.29 is 18.3 Å². The number of thiazole rings is 1. The average Bonchev–Trinajstić information content (AvgIpc) is 3.20. The Balaban J connectivity index is 1.38. The number of rotatable bonds is 7. The number of halogens is 2. The number of para-hydroxylation sites is 1. The molecule has 9 heteroatoms. The van der Waals surface area contributed by atoms with E-state index in [1.807, 2.05) is 30.0 Å². The van der Waals surface area contributed by atoms with Crippen LogP contribution in [0, 0.1) is 6.92 Å². The van der Waals surface area contributed by atoms with Gasteiger partial charge in [-0.1, -0.05) is 12.1 Å². The van der Waals surface area contributed by atoms with Gasteiger partial charge in [-0.2, -0.15) is 8.78 Å². The van der Waals surface area contributed by atoms with Crippen molar-refractivity contribution in [2.75, 3.05) is 31.5 Å². The van der Waals surface area contributed by atoms with E-state index < -0.39 is 6.61 Å². The van der Waals surface area contributed by atoms with E-state index in [2.05, 4.69) is 25.3 Å². The third-order valence-electron chi connectivity index (χ3n) is 5.23. The van der Waals surface area contributed by atoms with Crippen LogP contribution < -0.4 is 10.1 Å². The molecule has 0 unspecified atom stereocenters. The van der Waals surface area contributed by atoms with Gasteiger partial charge in [0.15, 0.2) is 0 Å². The van der Waals surface area contributed by atoms with Crippen LogP contribution in [0.25, 0.3) is 0 Å². The maximum atomic E-state index is 13.2. The van der Waals surface area contributed by atoms with Crippen molar-refractivity contribution in [2.45, 2.75) is 20.1 Å². The maximum absolute atomic E-state index is 13.2. The van der Waals surface area contributed by atoms with E-state index >= 15 is 0 Å². The fraction of sp³-hybridized carbons (Fsp3) is 0.304. The quantitative estimate of drug-likeness (QED) is 0.554. The number of hydrogen-bond donors (Lipinski definition) is 1. The lowest BCUT2D eigenvalue weighted by Gasteiger charge is -2.34. The summed E-state index contributed by atoms with van der Waals surface area (Å²) >= 11 is 1.65. The smallest absolute Gasteiger partial charge is 0.387 e. The van der Waals surface area contributed by atoms with Crippen molar-refractivity contribution in [3.63, 3.8) is 0 Å². The molecule has 1 aliphatic heterocycles. The molecule has 32 heavy (non-hydrogen) atoms. The maximum Gasteiger partial charge on any atom is 0.387 e. The van der Waals surface area contributed by atoms with Gasteiger partial charge in [0.2, 0.25) is 0 Å². The number of piperazine rings is 1. The predicted octanol–water partition coefficient (Wildman–Crippen LogP) is 4.75. The van der Waals surface area contributed by atoms with Crippen molar-refractivity contribution in [2.24, 2.45) is 0 Å². The van der Waals surface area contributed by atoms with Gasteiger partial charge in [0, 0.05) is 43.8 Å². The van der Waals surface area contributed by atoms with Crippen LogP contribution in [0.2, 0.25) is 0 Å². The highest BCUT2D eigenvalue weighted by Gasteiger charge is 2.24. The molecule has 168 valence electrons. The van der Waals surface area contributed by atoms with Gasteiger partial charge >= 0.3 is 6.61 Å². The number of carbonyl (C=O) groups is 1. The summed E-state index contributed by atoms with van der Waals surface area (Å²) in [5.41, 5.74) is 2.99. The first-order chi connectivity index (χ1) is 15.5. The van der Waals surface area contributed by atoms with Crippen molar-refractivity contribution in [1.29, 1.82) is 0 Å². The molecule has 0 saturated carbocycles. The van der Waals surface area contributed by atoms with Gasteiger partial charge in [0.25, 0.3) is 5.91 Å². The lowest BCUT2D eigenvalue weighted by molar-refractivity contribution is -0.0498. The number of hydrogen-bond acceptors (Lipinski definition) is 6. The van der Waals surface area contributed by atoms with Crippen LogP contribution in [-0.4, -0.2) is 53.5 Å². The largest absolute Gasteiger partial charge is 0.435 e. The minimum Gasteiger partial charge on any atom is -0.435 e. The number of aryl methyl sites for hydroxylation is 1. The molecule has 0 aliphatic carbocycles. The topological polar surface area (TPSA) is 57.7 Å². The normalized spacial score (nSPS) is 14.6. The van der Waals surface area contributed by atoms with E-state index in [1.54, 1.807) is 29.5 Å². The summed E-state index contributed by atoms with van der Waals surface area (Å²) in [6.07, 6.45) is 0. The van der Waals surface area contributed by atoms with Crippen LogP contribution in [0.3, 0.4) is 0 Å². The Morgan fingerprint density at radius 3 is 2.50 bits per heavy atom. The van der Waals surface area contributed by atoms with Crippen LogP contribution >= 0.6 is 11.3 Å². The predicted molar refractivity (Wildman–Crippen MR) is 121 cm³/mol. The summed E-state index contributed by atoms with van der Waals surface area (Å²) in [7, 11) is 0. The fourth-order valence-corrected chi connectivity index (χ4v) is 4.25. The molecule has 0 spiro atoms. The Bertz CT molecular complexity index is 1050. The van der Waals surface area contributed by atoms with Crippen molar-refractivity contribution in [1.82, 2.24) is 14.8 Å². The average molecular weight is 459 g/mol. The Labute approximate surface area is 189 Å². The van der Waals surface area contributed by atoms with Crippen LogP contribution in [0.1, 0.15) is 21.1 Å². The molecular formula is C23H24F2N4O2S. The number of nitrogens with one attached hydrogen (secondary N) is 1. The zero-order valence-electron chi connectivity index (χ0n) is 17.6. The summed E-state index contributed by atoms with van der Waals surface area (Å²) in [4.78, 5) is 21.9. The lowest BCUT2D eigenvalue weighted by atomic mass is 10.1. The molecule has 1 fully saturated rings. The van der Waals surface area contributed by atoms with Gasteiger partial charge in [-0.25, -0.2) is 4.98 Å². The van der Waals surface area contributed by atoms with Gasteiger partial charge < -0.3 is 15.0 Å². The summed E-state index contributed by atoms with van der Waals surface area (Å²) in [6.45, 7) is 2.83. The SMILES string of the molecule is Cc1nc(CN2CCN(C(=O)c3ccccc3Nc3ccc(OC(F)F)cc3)CC2)cs1. The second kappa shape index (κ2) is 10.1. The van der Waals surface area contributed by atoms with Gasteiger partial charge in [-0.05, 0) is 43.3 Å². The first-order valence-corrected chi connectivity index (χ1v) is 11.2. The summed E-state index contributed by atoms with van der Waals surface area (Å²) in [6, 6.07) is 13.5. The third-order valence-corrected chi connectivity index (χ3v) is 6.05. The molecule has 1 aromatic heterocycles. The minimum atomic E-state index is -2.86. The number of benzene rings is 2. The first kappa shape index (κ1) is 22.2. The molecule has 2 aromatic carbocycles. The second-order valence-corrected chi connectivity index (χ2v) is 8.56. The van der Waals surface area contributed by atoms with Gasteiger partial charge in [0.1, 0.15) is 5.75 Å². The molecule has 0 atom stereocenters. The zero-order chi connectivity index (χ0) is 22.5. The Hall–Kier alpha value is -3.04. The van der Waals surface area contributed by atoms with E-state index in [1.165, 1.54) is 12.1 Å². The van der Waals surface area contributed by atoms with E-state index in [0.29, 0.717) is 30.0 Å². The molecule has 1 saturated heterocycles. The van der Waals surface area contributed by atoms with Gasteiger partial charge in [-0.15, -0.1) is 11.3 Å². The summed E-state index contributed by atoms with van der Waals surface area (Å²) in [5.74, 6) is 0.0514. The van der Waals surface area contributed by atoms with E-state index in [9.17, 15) is 13.6 Å². The number of ether oxygens (including phenoxy) is 1. The van der Waals surface area contributed by atoms with E-state index in [0.717, 1.165) is 30.3 Å². The molecule has 2 heterocycles. The molecular weight excluding hydrogens is 434 g/mol. The number of alkyl halides is 2. The molecule has 1 aliphatic rings. The van der Waals surface area contributed by atoms with Crippen molar-refractivity contribution >= 4 is 28.6 Å². The Kier molecular flexibility index (Phi) is 6.96. The molecule has 1 amide bonds. The first-order valence-electron chi connectivity index (χ1n) is 10.3. The monoisotopic (exact) mass is 458 g/mol. The number of amides is 1. The zero-order valence-corrected chi connectivity index (χ0v) is 18.4. The van der Waals surface area contributed by atoms with Crippen LogP contribution in [0.5, 0.6) is 5.75 Å². The van der Waals surface area contributed by atoms with E-state index in [-0.39, 0.29) is 11.7 Å². The summed E-state index contributed by atoms with van der Waals surface area (Å²) < 4.78 is 29.0.